The van der Waals surface area contributed by atoms with E-state index in [0.717, 1.165) is 11.3 Å². The molecule has 2 rings (SSSR count). The van der Waals surface area contributed by atoms with Gasteiger partial charge in [0.2, 0.25) is 0 Å². The van der Waals surface area contributed by atoms with Crippen LogP contribution in [0.1, 0.15) is 16.9 Å². The van der Waals surface area contributed by atoms with E-state index in [1.54, 1.807) is 25.3 Å². The maximum atomic E-state index is 13.6. The summed E-state index contributed by atoms with van der Waals surface area (Å²) in [6, 6.07) is 7.19. The highest BCUT2D eigenvalue weighted by molar-refractivity contribution is 5.47. The number of halogens is 1. The number of nitrogens with one attached hydrogen (secondary N) is 1. The average Bonchev–Trinajstić information content (AvgIpc) is 2.67. The summed E-state index contributed by atoms with van der Waals surface area (Å²) < 4.78 is 18.9. The Morgan fingerprint density at radius 3 is 2.69 bits per heavy atom. The Morgan fingerprint density at radius 2 is 2.00 bits per heavy atom. The number of furan rings is 1. The average molecular weight is 219 g/mol. The van der Waals surface area contributed by atoms with E-state index in [1.165, 1.54) is 0 Å². The van der Waals surface area contributed by atoms with E-state index in [1.807, 2.05) is 19.1 Å². The highest BCUT2D eigenvalue weighted by Gasteiger charge is 2.06. The lowest BCUT2D eigenvalue weighted by atomic mass is 10.2. The molecule has 1 aromatic carbocycles. The SMILES string of the molecule is Cc1ccoc1CNc1cccc(C)c1F. The van der Waals surface area contributed by atoms with Crippen LogP contribution in [0.5, 0.6) is 0 Å². The third kappa shape index (κ3) is 2.08. The van der Waals surface area contributed by atoms with Gasteiger partial charge in [-0.25, -0.2) is 4.39 Å². The Morgan fingerprint density at radius 1 is 1.19 bits per heavy atom. The van der Waals surface area contributed by atoms with Crippen molar-refractivity contribution in [3.63, 3.8) is 0 Å². The summed E-state index contributed by atoms with van der Waals surface area (Å²) in [5.41, 5.74) is 2.22. The molecule has 1 N–H and O–H groups in total. The van der Waals surface area contributed by atoms with E-state index in [-0.39, 0.29) is 5.82 Å². The summed E-state index contributed by atoms with van der Waals surface area (Å²) in [6.45, 7) is 4.21. The zero-order valence-electron chi connectivity index (χ0n) is 9.38. The van der Waals surface area contributed by atoms with Gasteiger partial charge in [-0.2, -0.15) is 0 Å². The third-order valence-corrected chi connectivity index (χ3v) is 2.60. The fourth-order valence-electron chi connectivity index (χ4n) is 1.54. The lowest BCUT2D eigenvalue weighted by molar-refractivity contribution is 0.514. The standard InChI is InChI=1S/C13H14FNO/c1-9-6-7-16-12(9)8-15-11-5-3-4-10(2)13(11)14/h3-7,15H,8H2,1-2H3. The van der Waals surface area contributed by atoms with Crippen molar-refractivity contribution in [2.24, 2.45) is 0 Å². The molecule has 84 valence electrons. The maximum absolute atomic E-state index is 13.6. The Hall–Kier alpha value is -1.77. The van der Waals surface area contributed by atoms with Crippen molar-refractivity contribution in [1.82, 2.24) is 0 Å². The van der Waals surface area contributed by atoms with Crippen LogP contribution in [0.2, 0.25) is 0 Å². The number of hydrogen-bond donors (Lipinski definition) is 1. The van der Waals surface area contributed by atoms with Gasteiger partial charge in [-0.15, -0.1) is 0 Å². The number of rotatable bonds is 3. The first-order valence-electron chi connectivity index (χ1n) is 5.20. The molecule has 0 atom stereocenters. The highest BCUT2D eigenvalue weighted by atomic mass is 19.1. The molecule has 0 amide bonds. The van der Waals surface area contributed by atoms with Gasteiger partial charge >= 0.3 is 0 Å². The van der Waals surface area contributed by atoms with Crippen LogP contribution >= 0.6 is 0 Å². The van der Waals surface area contributed by atoms with Gasteiger partial charge in [0, 0.05) is 0 Å². The predicted octanol–water partition coefficient (Wildman–Crippen LogP) is 3.65. The molecule has 0 unspecified atom stereocenters. The number of benzene rings is 1. The normalized spacial score (nSPS) is 10.4. The zero-order valence-corrected chi connectivity index (χ0v) is 9.38. The minimum absolute atomic E-state index is 0.202. The summed E-state index contributed by atoms with van der Waals surface area (Å²) in [6.07, 6.45) is 1.64. The van der Waals surface area contributed by atoms with E-state index in [0.29, 0.717) is 17.8 Å². The third-order valence-electron chi connectivity index (χ3n) is 2.60. The monoisotopic (exact) mass is 219 g/mol. The molecular weight excluding hydrogens is 205 g/mol. The Balaban J connectivity index is 2.11. The number of aryl methyl sites for hydroxylation is 2. The molecule has 16 heavy (non-hydrogen) atoms. The van der Waals surface area contributed by atoms with E-state index in [9.17, 15) is 4.39 Å². The molecule has 1 heterocycles. The smallest absolute Gasteiger partial charge is 0.149 e. The minimum Gasteiger partial charge on any atom is -0.467 e. The molecular formula is C13H14FNO. The van der Waals surface area contributed by atoms with E-state index >= 15 is 0 Å². The first-order valence-corrected chi connectivity index (χ1v) is 5.20. The van der Waals surface area contributed by atoms with Gasteiger partial charge in [0.05, 0.1) is 18.5 Å². The summed E-state index contributed by atoms with van der Waals surface area (Å²) in [4.78, 5) is 0. The second-order valence-corrected chi connectivity index (χ2v) is 3.82. The largest absolute Gasteiger partial charge is 0.467 e. The van der Waals surface area contributed by atoms with E-state index < -0.39 is 0 Å². The first-order chi connectivity index (χ1) is 7.68. The molecule has 0 bridgehead atoms. The van der Waals surface area contributed by atoms with Crippen molar-refractivity contribution in [2.75, 3.05) is 5.32 Å². The van der Waals surface area contributed by atoms with Gasteiger partial charge in [0.25, 0.3) is 0 Å². The molecule has 0 saturated heterocycles. The van der Waals surface area contributed by atoms with Crippen molar-refractivity contribution in [3.05, 3.63) is 53.2 Å². The quantitative estimate of drug-likeness (QED) is 0.852. The van der Waals surface area contributed by atoms with Crippen LogP contribution in [-0.2, 0) is 6.54 Å². The molecule has 0 fully saturated rings. The van der Waals surface area contributed by atoms with Crippen LogP contribution in [0, 0.1) is 19.7 Å². The second-order valence-electron chi connectivity index (χ2n) is 3.82. The van der Waals surface area contributed by atoms with Crippen LogP contribution < -0.4 is 5.32 Å². The molecule has 2 nitrogen and oxygen atoms in total. The Kier molecular flexibility index (Phi) is 2.95. The predicted molar refractivity (Wildman–Crippen MR) is 61.9 cm³/mol. The maximum Gasteiger partial charge on any atom is 0.149 e. The van der Waals surface area contributed by atoms with Crippen molar-refractivity contribution >= 4 is 5.69 Å². The van der Waals surface area contributed by atoms with Gasteiger partial charge in [0.1, 0.15) is 11.6 Å². The van der Waals surface area contributed by atoms with Crippen molar-refractivity contribution in [1.29, 1.82) is 0 Å². The summed E-state index contributed by atoms with van der Waals surface area (Å²) in [7, 11) is 0. The van der Waals surface area contributed by atoms with Gasteiger partial charge in [0.15, 0.2) is 0 Å². The molecule has 1 aromatic heterocycles. The van der Waals surface area contributed by atoms with Crippen LogP contribution in [0.4, 0.5) is 10.1 Å². The highest BCUT2D eigenvalue weighted by Crippen LogP contribution is 2.18. The van der Waals surface area contributed by atoms with Gasteiger partial charge in [-0.3, -0.25) is 0 Å². The molecule has 0 spiro atoms. The van der Waals surface area contributed by atoms with Crippen LogP contribution in [-0.4, -0.2) is 0 Å². The topological polar surface area (TPSA) is 25.2 Å². The number of hydrogen-bond acceptors (Lipinski definition) is 2. The van der Waals surface area contributed by atoms with E-state index in [2.05, 4.69) is 5.32 Å². The van der Waals surface area contributed by atoms with E-state index in [4.69, 9.17) is 4.42 Å². The molecule has 0 aliphatic carbocycles. The van der Waals surface area contributed by atoms with Crippen LogP contribution in [0.3, 0.4) is 0 Å². The minimum atomic E-state index is -0.202. The molecule has 2 aromatic rings. The summed E-state index contributed by atoms with van der Waals surface area (Å²) >= 11 is 0. The lowest BCUT2D eigenvalue weighted by Gasteiger charge is -2.07. The molecule has 0 saturated carbocycles. The fourth-order valence-corrected chi connectivity index (χ4v) is 1.54. The second kappa shape index (κ2) is 4.39. The summed E-state index contributed by atoms with van der Waals surface area (Å²) in [5, 5.41) is 3.03. The lowest BCUT2D eigenvalue weighted by Crippen LogP contribution is -2.02. The fraction of sp³-hybridized carbons (Fsp3) is 0.231. The van der Waals surface area contributed by atoms with Crippen molar-refractivity contribution < 1.29 is 8.81 Å². The van der Waals surface area contributed by atoms with Gasteiger partial charge in [-0.1, -0.05) is 12.1 Å². The molecule has 0 aliphatic rings. The first kappa shape index (κ1) is 10.7. The Bertz CT molecular complexity index is 490. The zero-order chi connectivity index (χ0) is 11.5. The van der Waals surface area contributed by atoms with Crippen molar-refractivity contribution in [3.8, 4) is 0 Å². The van der Waals surface area contributed by atoms with Gasteiger partial charge in [-0.05, 0) is 37.1 Å². The summed E-state index contributed by atoms with van der Waals surface area (Å²) in [5.74, 6) is 0.632. The Labute approximate surface area is 94.1 Å². The van der Waals surface area contributed by atoms with Gasteiger partial charge < -0.3 is 9.73 Å². The van der Waals surface area contributed by atoms with Crippen LogP contribution in [0.25, 0.3) is 0 Å². The van der Waals surface area contributed by atoms with Crippen LogP contribution in [0.15, 0.2) is 34.9 Å². The number of anilines is 1. The van der Waals surface area contributed by atoms with Crippen molar-refractivity contribution in [2.45, 2.75) is 20.4 Å². The molecule has 0 aliphatic heterocycles. The molecule has 3 heteroatoms. The molecule has 0 radical (unpaired) electrons.